The molecule has 22 heavy (non-hydrogen) atoms. The zero-order valence-electron chi connectivity index (χ0n) is 11.4. The lowest BCUT2D eigenvalue weighted by molar-refractivity contribution is 0.168. The lowest BCUT2D eigenvalue weighted by Gasteiger charge is -2.08. The number of nitrogens with zero attached hydrogens (tertiary/aromatic N) is 2. The second-order valence-electron chi connectivity index (χ2n) is 4.00. The Hall–Kier alpha value is -2.84. The van der Waals surface area contributed by atoms with Crippen LogP contribution in [0, 0.1) is 17.5 Å². The molecule has 1 heterocycles. The molecular weight excluding hydrogens is 301 g/mol. The summed E-state index contributed by atoms with van der Waals surface area (Å²) in [5.74, 6) is -4.04. The number of aromatic nitrogens is 2. The van der Waals surface area contributed by atoms with Crippen LogP contribution < -0.4 is 10.6 Å². The first-order chi connectivity index (χ1) is 10.5. The summed E-state index contributed by atoms with van der Waals surface area (Å²) in [6, 6.07) is 4.56. The maximum Gasteiger partial charge on any atom is 0.412 e. The number of carbonyl (C=O) groups is 1. The van der Waals surface area contributed by atoms with E-state index in [0.29, 0.717) is 0 Å². The first-order valence-electron chi connectivity index (χ1n) is 6.19. The van der Waals surface area contributed by atoms with E-state index in [1.165, 1.54) is 12.1 Å². The molecule has 116 valence electrons. The number of amides is 1. The van der Waals surface area contributed by atoms with Gasteiger partial charge in [-0.3, -0.25) is 5.32 Å². The minimum absolute atomic E-state index is 0.0827. The summed E-state index contributed by atoms with van der Waals surface area (Å²) in [6.07, 6.45) is -0.691. The quantitative estimate of drug-likeness (QED) is 0.848. The van der Waals surface area contributed by atoms with E-state index in [1.807, 2.05) is 0 Å². The standard InChI is InChI=1S/C13H11F3N4O2/c1-2-22-13(21)18-10-6-5-9(19-20-10)17-8-4-3-7(14)11(15)12(8)16/h3-6H,2H2,1H3,(H,17,19)(H,18,20,21). The van der Waals surface area contributed by atoms with E-state index in [-0.39, 0.29) is 23.9 Å². The van der Waals surface area contributed by atoms with E-state index in [9.17, 15) is 18.0 Å². The maximum atomic E-state index is 13.5. The Kier molecular flexibility index (Phi) is 4.77. The normalized spacial score (nSPS) is 10.2. The predicted octanol–water partition coefficient (Wildman–Crippen LogP) is 3.21. The van der Waals surface area contributed by atoms with Crippen LogP contribution in [0.2, 0.25) is 0 Å². The van der Waals surface area contributed by atoms with Crippen LogP contribution in [0.5, 0.6) is 0 Å². The third-order valence-corrected chi connectivity index (χ3v) is 2.47. The molecule has 0 spiro atoms. The first-order valence-corrected chi connectivity index (χ1v) is 6.19. The third kappa shape index (κ3) is 3.62. The van der Waals surface area contributed by atoms with Crippen LogP contribution in [0.1, 0.15) is 6.92 Å². The van der Waals surface area contributed by atoms with Gasteiger partial charge in [-0.05, 0) is 31.2 Å². The molecule has 0 unspecified atom stereocenters. The van der Waals surface area contributed by atoms with E-state index >= 15 is 0 Å². The zero-order chi connectivity index (χ0) is 16.1. The number of anilines is 3. The Morgan fingerprint density at radius 2 is 1.77 bits per heavy atom. The van der Waals surface area contributed by atoms with E-state index in [0.717, 1.165) is 12.1 Å². The number of ether oxygens (including phenoxy) is 1. The molecule has 0 fully saturated rings. The minimum Gasteiger partial charge on any atom is -0.450 e. The summed E-state index contributed by atoms with van der Waals surface area (Å²) < 4.78 is 44.0. The van der Waals surface area contributed by atoms with Gasteiger partial charge in [0, 0.05) is 0 Å². The second kappa shape index (κ2) is 6.74. The molecule has 2 aromatic rings. The Labute approximate surface area is 123 Å². The lowest BCUT2D eigenvalue weighted by Crippen LogP contribution is -2.14. The molecule has 0 radical (unpaired) electrons. The minimum atomic E-state index is -1.58. The Morgan fingerprint density at radius 3 is 2.41 bits per heavy atom. The van der Waals surface area contributed by atoms with E-state index in [2.05, 4.69) is 25.6 Å². The van der Waals surface area contributed by atoms with Crippen molar-refractivity contribution in [2.45, 2.75) is 6.92 Å². The first kappa shape index (κ1) is 15.5. The largest absolute Gasteiger partial charge is 0.450 e. The van der Waals surface area contributed by atoms with Crippen LogP contribution >= 0.6 is 0 Å². The molecule has 0 atom stereocenters. The number of nitrogens with one attached hydrogen (secondary N) is 2. The van der Waals surface area contributed by atoms with Crippen LogP contribution in [0.15, 0.2) is 24.3 Å². The van der Waals surface area contributed by atoms with Gasteiger partial charge < -0.3 is 10.1 Å². The van der Waals surface area contributed by atoms with Gasteiger partial charge in [-0.1, -0.05) is 0 Å². The van der Waals surface area contributed by atoms with Crippen molar-refractivity contribution in [2.75, 3.05) is 17.2 Å². The average Bonchev–Trinajstić information content (AvgIpc) is 2.50. The molecule has 1 amide bonds. The number of rotatable bonds is 4. The van der Waals surface area contributed by atoms with Crippen LogP contribution in [0.4, 0.5) is 35.3 Å². The molecule has 6 nitrogen and oxygen atoms in total. The van der Waals surface area contributed by atoms with E-state index in [1.54, 1.807) is 6.92 Å². The van der Waals surface area contributed by atoms with Crippen molar-refractivity contribution in [3.8, 4) is 0 Å². The maximum absolute atomic E-state index is 13.5. The van der Waals surface area contributed by atoms with Gasteiger partial charge in [-0.15, -0.1) is 10.2 Å². The van der Waals surface area contributed by atoms with Crippen molar-refractivity contribution in [3.05, 3.63) is 41.7 Å². The number of benzene rings is 1. The van der Waals surface area contributed by atoms with Crippen LogP contribution in [0.3, 0.4) is 0 Å². The molecule has 0 aliphatic rings. The van der Waals surface area contributed by atoms with Gasteiger partial charge in [0.1, 0.15) is 0 Å². The van der Waals surface area contributed by atoms with Gasteiger partial charge in [-0.25, -0.2) is 18.0 Å². The molecule has 0 aliphatic heterocycles. The number of carbonyl (C=O) groups excluding carboxylic acids is 1. The molecule has 0 bridgehead atoms. The summed E-state index contributed by atoms with van der Waals surface area (Å²) in [7, 11) is 0. The van der Waals surface area contributed by atoms with Gasteiger partial charge in [-0.2, -0.15) is 0 Å². The number of hydrogen-bond donors (Lipinski definition) is 2. The Bertz CT molecular complexity index is 680. The van der Waals surface area contributed by atoms with Gasteiger partial charge in [0.25, 0.3) is 0 Å². The number of hydrogen-bond acceptors (Lipinski definition) is 5. The molecule has 9 heteroatoms. The van der Waals surface area contributed by atoms with E-state index < -0.39 is 23.5 Å². The predicted molar refractivity (Wildman–Crippen MR) is 72.3 cm³/mol. The highest BCUT2D eigenvalue weighted by Gasteiger charge is 2.14. The van der Waals surface area contributed by atoms with Crippen molar-refractivity contribution in [2.24, 2.45) is 0 Å². The summed E-state index contributed by atoms with van der Waals surface area (Å²) >= 11 is 0. The van der Waals surface area contributed by atoms with Crippen LogP contribution in [-0.4, -0.2) is 22.9 Å². The molecule has 2 N–H and O–H groups in total. The van der Waals surface area contributed by atoms with E-state index in [4.69, 9.17) is 0 Å². The van der Waals surface area contributed by atoms with Crippen molar-refractivity contribution >= 4 is 23.4 Å². The fourth-order valence-corrected chi connectivity index (χ4v) is 1.50. The SMILES string of the molecule is CCOC(=O)Nc1ccc(Nc2ccc(F)c(F)c2F)nn1. The summed E-state index contributed by atoms with van der Waals surface area (Å²) in [5.41, 5.74) is -0.292. The Balaban J connectivity index is 2.09. The van der Waals surface area contributed by atoms with Gasteiger partial charge >= 0.3 is 6.09 Å². The molecule has 2 rings (SSSR count). The fraction of sp³-hybridized carbons (Fsp3) is 0.154. The lowest BCUT2D eigenvalue weighted by atomic mass is 10.3. The molecule has 0 aliphatic carbocycles. The second-order valence-corrected chi connectivity index (χ2v) is 4.00. The average molecular weight is 312 g/mol. The molecule has 0 saturated heterocycles. The van der Waals surface area contributed by atoms with Crippen molar-refractivity contribution in [1.29, 1.82) is 0 Å². The highest BCUT2D eigenvalue weighted by Crippen LogP contribution is 2.22. The summed E-state index contributed by atoms with van der Waals surface area (Å²) in [6.45, 7) is 1.85. The fourth-order valence-electron chi connectivity index (χ4n) is 1.50. The summed E-state index contributed by atoms with van der Waals surface area (Å²) in [4.78, 5) is 11.2. The highest BCUT2D eigenvalue weighted by atomic mass is 19.2. The van der Waals surface area contributed by atoms with Crippen LogP contribution in [-0.2, 0) is 4.74 Å². The molecular formula is C13H11F3N4O2. The molecule has 1 aromatic carbocycles. The van der Waals surface area contributed by atoms with Crippen molar-refractivity contribution in [1.82, 2.24) is 10.2 Å². The zero-order valence-corrected chi connectivity index (χ0v) is 11.4. The third-order valence-electron chi connectivity index (χ3n) is 2.47. The van der Waals surface area contributed by atoms with Gasteiger partial charge in [0.05, 0.1) is 12.3 Å². The molecule has 0 saturated carbocycles. The van der Waals surface area contributed by atoms with Crippen molar-refractivity contribution in [3.63, 3.8) is 0 Å². The van der Waals surface area contributed by atoms with Crippen molar-refractivity contribution < 1.29 is 22.7 Å². The monoisotopic (exact) mass is 312 g/mol. The molecule has 1 aromatic heterocycles. The summed E-state index contributed by atoms with van der Waals surface area (Å²) in [5, 5.41) is 12.1. The van der Waals surface area contributed by atoms with Gasteiger partial charge in [0.2, 0.25) is 0 Å². The number of halogens is 3. The highest BCUT2D eigenvalue weighted by molar-refractivity contribution is 5.83. The smallest absolute Gasteiger partial charge is 0.412 e. The van der Waals surface area contributed by atoms with Gasteiger partial charge in [0.15, 0.2) is 29.1 Å². The Morgan fingerprint density at radius 1 is 1.09 bits per heavy atom. The van der Waals surface area contributed by atoms with Crippen LogP contribution in [0.25, 0.3) is 0 Å². The topological polar surface area (TPSA) is 76.1 Å².